The molecule has 0 saturated heterocycles. The molecule has 0 aliphatic heterocycles. The molecule has 19 heavy (non-hydrogen) atoms. The van der Waals surface area contributed by atoms with Gasteiger partial charge in [0.05, 0.1) is 0 Å². The molecule has 2 rings (SSSR count). The molecule has 1 amide bonds. The van der Waals surface area contributed by atoms with E-state index in [0.29, 0.717) is 0 Å². The predicted molar refractivity (Wildman–Crippen MR) is 63.1 cm³/mol. The summed E-state index contributed by atoms with van der Waals surface area (Å²) >= 11 is 0. The fraction of sp³-hybridized carbons (Fsp3) is 0.0833. The van der Waals surface area contributed by atoms with Gasteiger partial charge in [-0.25, -0.2) is 4.98 Å². The first-order valence-electron chi connectivity index (χ1n) is 5.29. The number of ether oxygens (including phenoxy) is 1. The van der Waals surface area contributed by atoms with Crippen LogP contribution in [0.15, 0.2) is 42.7 Å². The Hall–Kier alpha value is -2.57. The number of hydrogen-bond acceptors (Lipinski definition) is 4. The largest absolute Gasteiger partial charge is 0.431 e. The maximum atomic E-state index is 12.2. The molecule has 0 radical (unpaired) electrons. The summed E-state index contributed by atoms with van der Waals surface area (Å²) in [6.07, 6.45) is 2.80. The number of carbonyl (C=O) groups is 1. The third-order valence-electron chi connectivity index (χ3n) is 2.12. The molecule has 0 fully saturated rings. The number of alkyl halides is 2. The molecule has 0 saturated carbocycles. The third kappa shape index (κ3) is 3.44. The van der Waals surface area contributed by atoms with Crippen LogP contribution in [0.5, 0.6) is 5.75 Å². The Balaban J connectivity index is 2.17. The van der Waals surface area contributed by atoms with Gasteiger partial charge >= 0.3 is 6.61 Å². The van der Waals surface area contributed by atoms with E-state index in [1.54, 1.807) is 12.1 Å². The summed E-state index contributed by atoms with van der Waals surface area (Å²) in [5, 5.41) is 2.36. The summed E-state index contributed by atoms with van der Waals surface area (Å²) in [6.45, 7) is -2.99. The lowest BCUT2D eigenvalue weighted by Gasteiger charge is -2.10. The SMILES string of the molecule is O=C(Nc1ncccc1OC(F)F)c1ccccn1. The predicted octanol–water partition coefficient (Wildman–Crippen LogP) is 2.33. The van der Waals surface area contributed by atoms with Crippen molar-refractivity contribution in [3.63, 3.8) is 0 Å². The maximum Gasteiger partial charge on any atom is 0.387 e. The smallest absolute Gasteiger partial charge is 0.387 e. The van der Waals surface area contributed by atoms with Crippen molar-refractivity contribution < 1.29 is 18.3 Å². The fourth-order valence-electron chi connectivity index (χ4n) is 1.34. The summed E-state index contributed by atoms with van der Waals surface area (Å²) in [6, 6.07) is 7.49. The van der Waals surface area contributed by atoms with Crippen LogP contribution in [0.3, 0.4) is 0 Å². The van der Waals surface area contributed by atoms with Gasteiger partial charge < -0.3 is 10.1 Å². The summed E-state index contributed by atoms with van der Waals surface area (Å²) in [4.78, 5) is 19.4. The molecule has 0 bridgehead atoms. The highest BCUT2D eigenvalue weighted by Gasteiger charge is 2.14. The Morgan fingerprint density at radius 1 is 1.16 bits per heavy atom. The van der Waals surface area contributed by atoms with Crippen LogP contribution in [0.1, 0.15) is 10.5 Å². The highest BCUT2D eigenvalue weighted by Crippen LogP contribution is 2.23. The molecule has 7 heteroatoms. The van der Waals surface area contributed by atoms with Gasteiger partial charge in [0.2, 0.25) is 0 Å². The van der Waals surface area contributed by atoms with Gasteiger partial charge in [0.25, 0.3) is 5.91 Å². The van der Waals surface area contributed by atoms with Gasteiger partial charge in [-0.15, -0.1) is 0 Å². The first-order valence-corrected chi connectivity index (χ1v) is 5.29. The average molecular weight is 265 g/mol. The van der Waals surface area contributed by atoms with E-state index in [2.05, 4.69) is 20.0 Å². The number of aromatic nitrogens is 2. The third-order valence-corrected chi connectivity index (χ3v) is 2.12. The molecule has 0 aliphatic rings. The second kappa shape index (κ2) is 5.85. The molecule has 2 aromatic rings. The summed E-state index contributed by atoms with van der Waals surface area (Å²) in [7, 11) is 0. The number of rotatable bonds is 4. The number of amides is 1. The van der Waals surface area contributed by atoms with E-state index >= 15 is 0 Å². The lowest BCUT2D eigenvalue weighted by Crippen LogP contribution is -2.16. The molecule has 98 valence electrons. The van der Waals surface area contributed by atoms with Gasteiger partial charge in [-0.1, -0.05) is 6.07 Å². The Kier molecular flexibility index (Phi) is 3.97. The molecule has 1 N–H and O–H groups in total. The highest BCUT2D eigenvalue weighted by atomic mass is 19.3. The Labute approximate surface area is 107 Å². The molecule has 0 unspecified atom stereocenters. The minimum Gasteiger partial charge on any atom is -0.431 e. The Bertz CT molecular complexity index is 564. The van der Waals surface area contributed by atoms with E-state index < -0.39 is 12.5 Å². The van der Waals surface area contributed by atoms with E-state index in [0.717, 1.165) is 0 Å². The van der Waals surface area contributed by atoms with Crippen LogP contribution in [0, 0.1) is 0 Å². The van der Waals surface area contributed by atoms with Crippen LogP contribution in [0.2, 0.25) is 0 Å². The Morgan fingerprint density at radius 3 is 2.63 bits per heavy atom. The number of carbonyl (C=O) groups excluding carboxylic acids is 1. The summed E-state index contributed by atoms with van der Waals surface area (Å²) in [5.74, 6) is -0.848. The van der Waals surface area contributed by atoms with Crippen LogP contribution < -0.4 is 10.1 Å². The monoisotopic (exact) mass is 265 g/mol. The van der Waals surface area contributed by atoms with E-state index in [1.165, 1.54) is 30.6 Å². The van der Waals surface area contributed by atoms with Crippen molar-refractivity contribution in [3.05, 3.63) is 48.4 Å². The van der Waals surface area contributed by atoms with Gasteiger partial charge in [0.1, 0.15) is 5.69 Å². The second-order valence-electron chi connectivity index (χ2n) is 3.40. The van der Waals surface area contributed by atoms with Crippen LogP contribution in [0.4, 0.5) is 14.6 Å². The van der Waals surface area contributed by atoms with E-state index in [9.17, 15) is 13.6 Å². The number of anilines is 1. The zero-order chi connectivity index (χ0) is 13.7. The van der Waals surface area contributed by atoms with E-state index in [-0.39, 0.29) is 17.3 Å². The van der Waals surface area contributed by atoms with E-state index in [4.69, 9.17) is 0 Å². The fourth-order valence-corrected chi connectivity index (χ4v) is 1.34. The van der Waals surface area contributed by atoms with Gasteiger partial charge in [0.15, 0.2) is 11.6 Å². The standard InChI is InChI=1S/C12H9F2N3O2/c13-12(14)19-9-5-3-7-16-10(9)17-11(18)8-4-1-2-6-15-8/h1-7,12H,(H,16,17,18). The molecular weight excluding hydrogens is 256 g/mol. The minimum atomic E-state index is -2.99. The number of halogens is 2. The van der Waals surface area contributed by atoms with Crippen molar-refractivity contribution in [3.8, 4) is 5.75 Å². The van der Waals surface area contributed by atoms with Crippen LogP contribution in [-0.2, 0) is 0 Å². The molecule has 2 heterocycles. The second-order valence-corrected chi connectivity index (χ2v) is 3.40. The average Bonchev–Trinajstić information content (AvgIpc) is 2.41. The molecule has 0 atom stereocenters. The zero-order valence-corrected chi connectivity index (χ0v) is 9.59. The normalized spacial score (nSPS) is 10.3. The van der Waals surface area contributed by atoms with Gasteiger partial charge in [-0.3, -0.25) is 9.78 Å². The first-order chi connectivity index (χ1) is 9.16. The van der Waals surface area contributed by atoms with Gasteiger partial charge in [-0.05, 0) is 24.3 Å². The van der Waals surface area contributed by atoms with Crippen molar-refractivity contribution in [2.24, 2.45) is 0 Å². The van der Waals surface area contributed by atoms with Crippen molar-refractivity contribution >= 4 is 11.7 Å². The highest BCUT2D eigenvalue weighted by molar-refractivity contribution is 6.02. The topological polar surface area (TPSA) is 64.1 Å². The van der Waals surface area contributed by atoms with Crippen LogP contribution >= 0.6 is 0 Å². The number of nitrogens with zero attached hydrogens (tertiary/aromatic N) is 2. The van der Waals surface area contributed by atoms with Gasteiger partial charge in [0, 0.05) is 12.4 Å². The van der Waals surface area contributed by atoms with Crippen LogP contribution in [0.25, 0.3) is 0 Å². The molecule has 0 spiro atoms. The maximum absolute atomic E-state index is 12.2. The van der Waals surface area contributed by atoms with Crippen LogP contribution in [-0.4, -0.2) is 22.5 Å². The number of pyridine rings is 2. The first kappa shape index (κ1) is 12.9. The van der Waals surface area contributed by atoms with Crippen molar-refractivity contribution in [1.82, 2.24) is 9.97 Å². The quantitative estimate of drug-likeness (QED) is 0.921. The molecular formula is C12H9F2N3O2. The number of nitrogens with one attached hydrogen (secondary N) is 1. The summed E-state index contributed by atoms with van der Waals surface area (Å²) < 4.78 is 28.6. The van der Waals surface area contributed by atoms with Crippen molar-refractivity contribution in [2.75, 3.05) is 5.32 Å². The molecule has 0 aromatic carbocycles. The van der Waals surface area contributed by atoms with Crippen molar-refractivity contribution in [2.45, 2.75) is 6.61 Å². The zero-order valence-electron chi connectivity index (χ0n) is 9.59. The van der Waals surface area contributed by atoms with E-state index in [1.807, 2.05) is 0 Å². The minimum absolute atomic E-state index is 0.0848. The summed E-state index contributed by atoms with van der Waals surface area (Å²) in [5.41, 5.74) is 0.149. The molecule has 5 nitrogen and oxygen atoms in total. The van der Waals surface area contributed by atoms with Crippen molar-refractivity contribution in [1.29, 1.82) is 0 Å². The molecule has 2 aromatic heterocycles. The van der Waals surface area contributed by atoms with Gasteiger partial charge in [-0.2, -0.15) is 8.78 Å². The molecule has 0 aliphatic carbocycles. The lowest BCUT2D eigenvalue weighted by molar-refractivity contribution is -0.0495. The Morgan fingerprint density at radius 2 is 1.95 bits per heavy atom. The lowest BCUT2D eigenvalue weighted by atomic mass is 10.3. The number of hydrogen-bond donors (Lipinski definition) is 1.